The molecule has 0 aliphatic carbocycles. The molecule has 0 unspecified atom stereocenters. The van der Waals surface area contributed by atoms with E-state index in [0.717, 1.165) is 5.56 Å². The molecule has 1 aliphatic heterocycles. The van der Waals surface area contributed by atoms with Gasteiger partial charge >= 0.3 is 5.97 Å². The molecule has 0 radical (unpaired) electrons. The van der Waals surface area contributed by atoms with Gasteiger partial charge in [0.25, 0.3) is 0 Å². The molecule has 2 N–H and O–H groups in total. The first-order valence-corrected chi connectivity index (χ1v) is 7.23. The van der Waals surface area contributed by atoms with Crippen molar-refractivity contribution in [2.75, 3.05) is 5.32 Å². The van der Waals surface area contributed by atoms with Gasteiger partial charge in [-0.05, 0) is 48.9 Å². The molecule has 0 amide bonds. The number of ether oxygens (including phenoxy) is 1. The van der Waals surface area contributed by atoms with Crippen molar-refractivity contribution >= 4 is 11.9 Å². The van der Waals surface area contributed by atoms with E-state index in [4.69, 9.17) is 4.74 Å². The molecule has 120 valence electrons. The molecule has 2 aromatic rings. The summed E-state index contributed by atoms with van der Waals surface area (Å²) in [6.07, 6.45) is -0.237. The number of phenols is 1. The largest absolute Gasteiger partial charge is 0.508 e. The van der Waals surface area contributed by atoms with Gasteiger partial charge in [-0.2, -0.15) is 4.68 Å². The molecule has 1 aliphatic rings. The summed E-state index contributed by atoms with van der Waals surface area (Å²) in [4.78, 5) is 12.5. The average molecular weight is 315 g/mol. The first-order valence-electron chi connectivity index (χ1n) is 7.23. The van der Waals surface area contributed by atoms with Crippen LogP contribution in [0.25, 0.3) is 0 Å². The Bertz CT molecular complexity index is 764. The zero-order valence-electron chi connectivity index (χ0n) is 13.0. The number of hydrogen-bond acceptors (Lipinski definition) is 7. The maximum absolute atomic E-state index is 12.5. The minimum absolute atomic E-state index is 0.145. The number of carbonyl (C=O) groups is 1. The number of fused-ring (bicyclic) bond motifs is 1. The number of esters is 1. The molecule has 1 aromatic carbocycles. The van der Waals surface area contributed by atoms with Crippen LogP contribution in [0.1, 0.15) is 32.4 Å². The quantitative estimate of drug-likeness (QED) is 0.830. The zero-order chi connectivity index (χ0) is 16.6. The van der Waals surface area contributed by atoms with Gasteiger partial charge in [-0.15, -0.1) is 0 Å². The van der Waals surface area contributed by atoms with E-state index in [1.807, 2.05) is 0 Å². The van der Waals surface area contributed by atoms with E-state index in [1.165, 1.54) is 4.68 Å². The maximum atomic E-state index is 12.5. The third-order valence-electron chi connectivity index (χ3n) is 3.49. The molecule has 1 aromatic heterocycles. The van der Waals surface area contributed by atoms with Crippen LogP contribution in [0.4, 0.5) is 5.95 Å². The summed E-state index contributed by atoms with van der Waals surface area (Å²) < 4.78 is 6.88. The third kappa shape index (κ3) is 2.75. The van der Waals surface area contributed by atoms with Crippen LogP contribution >= 0.6 is 0 Å². The second kappa shape index (κ2) is 5.71. The van der Waals surface area contributed by atoms with Gasteiger partial charge in [-0.1, -0.05) is 17.2 Å². The van der Waals surface area contributed by atoms with Gasteiger partial charge in [0.05, 0.1) is 11.7 Å². The summed E-state index contributed by atoms with van der Waals surface area (Å²) in [5, 5.41) is 24.0. The van der Waals surface area contributed by atoms with Gasteiger partial charge in [0, 0.05) is 5.70 Å². The number of carbonyl (C=O) groups excluding carboxylic acids is 1. The van der Waals surface area contributed by atoms with Gasteiger partial charge in [-0.3, -0.25) is 0 Å². The van der Waals surface area contributed by atoms with Crippen LogP contribution in [-0.4, -0.2) is 37.4 Å². The highest BCUT2D eigenvalue weighted by Gasteiger charge is 2.35. The third-order valence-corrected chi connectivity index (χ3v) is 3.49. The molecule has 0 bridgehead atoms. The van der Waals surface area contributed by atoms with Gasteiger partial charge in [0.15, 0.2) is 0 Å². The normalized spacial score (nSPS) is 17.0. The Morgan fingerprint density at radius 1 is 1.35 bits per heavy atom. The number of nitrogens with one attached hydrogen (secondary N) is 1. The Morgan fingerprint density at radius 3 is 2.70 bits per heavy atom. The maximum Gasteiger partial charge on any atom is 0.338 e. The summed E-state index contributed by atoms with van der Waals surface area (Å²) in [7, 11) is 0. The summed E-state index contributed by atoms with van der Waals surface area (Å²) in [6.45, 7) is 5.37. The van der Waals surface area contributed by atoms with Crippen LogP contribution in [0.3, 0.4) is 0 Å². The first kappa shape index (κ1) is 15.0. The van der Waals surface area contributed by atoms with Crippen LogP contribution in [0.2, 0.25) is 0 Å². The summed E-state index contributed by atoms with van der Waals surface area (Å²) in [5.74, 6) is 0.164. The second-order valence-electron chi connectivity index (χ2n) is 5.56. The number of anilines is 1. The van der Waals surface area contributed by atoms with Crippen LogP contribution in [-0.2, 0) is 9.53 Å². The fourth-order valence-electron chi connectivity index (χ4n) is 2.52. The van der Waals surface area contributed by atoms with Crippen molar-refractivity contribution in [1.82, 2.24) is 20.2 Å². The van der Waals surface area contributed by atoms with Crippen molar-refractivity contribution in [1.29, 1.82) is 0 Å². The van der Waals surface area contributed by atoms with E-state index in [2.05, 4.69) is 20.8 Å². The van der Waals surface area contributed by atoms with Gasteiger partial charge in [-0.25, -0.2) is 4.79 Å². The van der Waals surface area contributed by atoms with Crippen molar-refractivity contribution in [2.45, 2.75) is 32.9 Å². The van der Waals surface area contributed by atoms with Crippen LogP contribution in [0.5, 0.6) is 5.75 Å². The topological polar surface area (TPSA) is 102 Å². The fourth-order valence-corrected chi connectivity index (χ4v) is 2.52. The van der Waals surface area contributed by atoms with Crippen molar-refractivity contribution < 1.29 is 14.6 Å². The predicted octanol–water partition coefficient (Wildman–Crippen LogP) is 1.62. The number of rotatable bonds is 3. The molecule has 0 saturated heterocycles. The van der Waals surface area contributed by atoms with Crippen molar-refractivity contribution in [2.24, 2.45) is 0 Å². The number of aromatic nitrogens is 4. The highest BCUT2D eigenvalue weighted by molar-refractivity contribution is 5.92. The summed E-state index contributed by atoms with van der Waals surface area (Å²) in [5.41, 5.74) is 1.84. The molecule has 8 heteroatoms. The van der Waals surface area contributed by atoms with E-state index in [1.54, 1.807) is 45.0 Å². The molecule has 0 fully saturated rings. The van der Waals surface area contributed by atoms with E-state index < -0.39 is 12.0 Å². The summed E-state index contributed by atoms with van der Waals surface area (Å²) in [6, 6.07) is 6.05. The summed E-state index contributed by atoms with van der Waals surface area (Å²) >= 11 is 0. The fraction of sp³-hybridized carbons (Fsp3) is 0.333. The van der Waals surface area contributed by atoms with Crippen LogP contribution in [0.15, 0.2) is 35.5 Å². The first-order chi connectivity index (χ1) is 11.0. The number of hydrogen-bond donors (Lipinski definition) is 2. The number of nitrogens with zero attached hydrogens (tertiary/aromatic N) is 4. The lowest BCUT2D eigenvalue weighted by Crippen LogP contribution is -2.30. The number of tetrazole rings is 1. The van der Waals surface area contributed by atoms with Crippen molar-refractivity contribution in [3.05, 3.63) is 41.1 Å². The molecule has 0 saturated carbocycles. The predicted molar refractivity (Wildman–Crippen MR) is 81.6 cm³/mol. The standard InChI is InChI=1S/C15H17N5O3/c1-8(2)23-14(22)12-9(3)16-15-17-18-19-20(15)13(12)10-4-6-11(21)7-5-10/h4-8,13,21H,1-3H3,(H,16,17,19)/t13-/m1/s1. The monoisotopic (exact) mass is 315 g/mol. The zero-order valence-corrected chi connectivity index (χ0v) is 13.0. The Morgan fingerprint density at radius 2 is 2.04 bits per heavy atom. The lowest BCUT2D eigenvalue weighted by atomic mass is 9.95. The van der Waals surface area contributed by atoms with Crippen molar-refractivity contribution in [3.63, 3.8) is 0 Å². The molecule has 23 heavy (non-hydrogen) atoms. The highest BCUT2D eigenvalue weighted by Crippen LogP contribution is 2.35. The molecule has 0 spiro atoms. The molecule has 1 atom stereocenters. The molecule has 2 heterocycles. The van der Waals surface area contributed by atoms with Gasteiger partial charge in [0.2, 0.25) is 5.95 Å². The number of allylic oxidation sites excluding steroid dienone is 1. The average Bonchev–Trinajstić information content (AvgIpc) is 2.93. The van der Waals surface area contributed by atoms with E-state index in [-0.39, 0.29) is 11.9 Å². The van der Waals surface area contributed by atoms with Crippen LogP contribution in [0, 0.1) is 0 Å². The van der Waals surface area contributed by atoms with Gasteiger partial charge < -0.3 is 15.2 Å². The van der Waals surface area contributed by atoms with Gasteiger partial charge in [0.1, 0.15) is 11.8 Å². The Kier molecular flexibility index (Phi) is 3.73. The minimum atomic E-state index is -0.520. The lowest BCUT2D eigenvalue weighted by Gasteiger charge is -2.27. The van der Waals surface area contributed by atoms with E-state index in [9.17, 15) is 9.90 Å². The minimum Gasteiger partial charge on any atom is -0.508 e. The smallest absolute Gasteiger partial charge is 0.338 e. The highest BCUT2D eigenvalue weighted by atomic mass is 16.5. The lowest BCUT2D eigenvalue weighted by molar-refractivity contribution is -0.143. The van der Waals surface area contributed by atoms with Crippen LogP contribution < -0.4 is 5.32 Å². The SMILES string of the molecule is CC1=C(C(=O)OC(C)C)[C@@H](c2ccc(O)cc2)n2nnnc2N1. The Labute approximate surface area is 132 Å². The number of benzene rings is 1. The van der Waals surface area contributed by atoms with E-state index >= 15 is 0 Å². The molecular weight excluding hydrogens is 298 g/mol. The van der Waals surface area contributed by atoms with Crippen molar-refractivity contribution in [3.8, 4) is 5.75 Å². The number of phenolic OH excluding ortho intramolecular Hbond substituents is 1. The van der Waals surface area contributed by atoms with E-state index in [0.29, 0.717) is 17.2 Å². The Balaban J connectivity index is 2.10. The molecule has 8 nitrogen and oxygen atoms in total. The molecule has 3 rings (SSSR count). The second-order valence-corrected chi connectivity index (χ2v) is 5.56. The molecular formula is C15H17N5O3. The Hall–Kier alpha value is -2.90. The number of aromatic hydroxyl groups is 1.